The van der Waals surface area contributed by atoms with Crippen LogP contribution in [0, 0.1) is 5.82 Å². The largest absolute Gasteiger partial charge is 0.416 e. The zero-order valence-electron chi connectivity index (χ0n) is 10.9. The minimum atomic E-state index is -4.55. The summed E-state index contributed by atoms with van der Waals surface area (Å²) in [5.74, 6) is -0.797. The van der Waals surface area contributed by atoms with Gasteiger partial charge in [-0.3, -0.25) is 4.98 Å². The van der Waals surface area contributed by atoms with Crippen molar-refractivity contribution in [2.24, 2.45) is 0 Å². The fourth-order valence-corrected chi connectivity index (χ4v) is 2.10. The summed E-state index contributed by atoms with van der Waals surface area (Å²) in [5, 5.41) is 0.254. The van der Waals surface area contributed by atoms with Crippen LogP contribution < -0.4 is 0 Å². The highest BCUT2D eigenvalue weighted by molar-refractivity contribution is 6.32. The number of halogens is 5. The molecule has 1 aromatic heterocycles. The minimum absolute atomic E-state index is 0.0357. The molecule has 0 saturated heterocycles. The van der Waals surface area contributed by atoms with Crippen LogP contribution in [0.1, 0.15) is 18.1 Å². The molecule has 0 saturated carbocycles. The van der Waals surface area contributed by atoms with Crippen LogP contribution in [-0.2, 0) is 6.18 Å². The molecule has 0 spiro atoms. The van der Waals surface area contributed by atoms with Gasteiger partial charge < -0.3 is 0 Å². The molecule has 110 valence electrons. The number of rotatable bonds is 2. The molecule has 0 radical (unpaired) electrons. The molecule has 0 bridgehead atoms. The quantitative estimate of drug-likeness (QED) is 0.658. The Balaban J connectivity index is 2.56. The van der Waals surface area contributed by atoms with E-state index in [-0.39, 0.29) is 16.3 Å². The van der Waals surface area contributed by atoms with Crippen molar-refractivity contribution < 1.29 is 17.6 Å². The SMILES string of the molecule is C=C(C)c1cnc(-c2cc(C(F)(F)F)ccc2F)cc1Cl. The van der Waals surface area contributed by atoms with E-state index in [1.54, 1.807) is 6.92 Å². The predicted octanol–water partition coefficient (Wildman–Crippen LogP) is 5.59. The van der Waals surface area contributed by atoms with Crippen LogP contribution in [0.2, 0.25) is 5.02 Å². The van der Waals surface area contributed by atoms with E-state index in [4.69, 9.17) is 11.6 Å². The molecule has 0 aliphatic carbocycles. The molecule has 0 N–H and O–H groups in total. The zero-order chi connectivity index (χ0) is 15.8. The third kappa shape index (κ3) is 3.24. The monoisotopic (exact) mass is 315 g/mol. The van der Waals surface area contributed by atoms with Gasteiger partial charge in [0, 0.05) is 17.3 Å². The maximum atomic E-state index is 13.8. The third-order valence-electron chi connectivity index (χ3n) is 2.88. The van der Waals surface area contributed by atoms with Crippen molar-refractivity contribution in [3.63, 3.8) is 0 Å². The summed E-state index contributed by atoms with van der Waals surface area (Å²) < 4.78 is 51.8. The number of hydrogen-bond acceptors (Lipinski definition) is 1. The standard InChI is InChI=1S/C15H10ClF4N/c1-8(2)11-7-21-14(6-12(11)16)10-5-9(15(18,19)20)3-4-13(10)17/h3-7H,1H2,2H3. The van der Waals surface area contributed by atoms with Crippen LogP contribution in [0.5, 0.6) is 0 Å². The lowest BCUT2D eigenvalue weighted by molar-refractivity contribution is -0.137. The van der Waals surface area contributed by atoms with Gasteiger partial charge in [0.15, 0.2) is 0 Å². The number of alkyl halides is 3. The van der Waals surface area contributed by atoms with Gasteiger partial charge in [-0.15, -0.1) is 0 Å². The summed E-state index contributed by atoms with van der Waals surface area (Å²) in [6, 6.07) is 3.49. The Labute approximate surface area is 123 Å². The number of aromatic nitrogens is 1. The fraction of sp³-hybridized carbons (Fsp3) is 0.133. The van der Waals surface area contributed by atoms with Gasteiger partial charge in [-0.2, -0.15) is 13.2 Å². The third-order valence-corrected chi connectivity index (χ3v) is 3.20. The van der Waals surface area contributed by atoms with Crippen molar-refractivity contribution in [1.29, 1.82) is 0 Å². The van der Waals surface area contributed by atoms with Gasteiger partial charge in [-0.25, -0.2) is 4.39 Å². The van der Waals surface area contributed by atoms with Crippen molar-refractivity contribution in [2.75, 3.05) is 0 Å². The number of allylic oxidation sites excluding steroid dienone is 1. The summed E-state index contributed by atoms with van der Waals surface area (Å²) in [7, 11) is 0. The van der Waals surface area contributed by atoms with Crippen LogP contribution in [0.4, 0.5) is 17.6 Å². The van der Waals surface area contributed by atoms with Crippen molar-refractivity contribution in [3.05, 3.63) is 59.0 Å². The predicted molar refractivity (Wildman–Crippen MR) is 74.4 cm³/mol. The molecule has 0 aliphatic rings. The Kier molecular flexibility index (Phi) is 4.05. The van der Waals surface area contributed by atoms with Crippen LogP contribution >= 0.6 is 11.6 Å². The highest BCUT2D eigenvalue weighted by Crippen LogP contribution is 2.34. The molecule has 6 heteroatoms. The van der Waals surface area contributed by atoms with Crippen molar-refractivity contribution in [3.8, 4) is 11.3 Å². The van der Waals surface area contributed by atoms with Gasteiger partial charge in [0.25, 0.3) is 0 Å². The second-order valence-electron chi connectivity index (χ2n) is 4.52. The van der Waals surface area contributed by atoms with E-state index in [0.717, 1.165) is 6.07 Å². The molecule has 0 fully saturated rings. The summed E-state index contributed by atoms with van der Waals surface area (Å²) in [6.45, 7) is 5.42. The first-order valence-electron chi connectivity index (χ1n) is 5.88. The molecule has 0 amide bonds. The number of hydrogen-bond donors (Lipinski definition) is 0. The molecule has 1 heterocycles. The Morgan fingerprint density at radius 1 is 1.24 bits per heavy atom. The van der Waals surface area contributed by atoms with E-state index in [9.17, 15) is 17.6 Å². The zero-order valence-corrected chi connectivity index (χ0v) is 11.7. The van der Waals surface area contributed by atoms with Gasteiger partial charge in [0.1, 0.15) is 5.82 Å². The molecule has 0 aliphatic heterocycles. The molecule has 0 atom stereocenters. The van der Waals surface area contributed by atoms with Crippen molar-refractivity contribution in [2.45, 2.75) is 13.1 Å². The molecular weight excluding hydrogens is 306 g/mol. The van der Waals surface area contributed by atoms with Crippen molar-refractivity contribution in [1.82, 2.24) is 4.98 Å². The fourth-order valence-electron chi connectivity index (χ4n) is 1.79. The topological polar surface area (TPSA) is 12.9 Å². The van der Waals surface area contributed by atoms with E-state index in [2.05, 4.69) is 11.6 Å². The molecular formula is C15H10ClF4N. The normalized spacial score (nSPS) is 11.5. The van der Waals surface area contributed by atoms with E-state index in [1.807, 2.05) is 0 Å². The molecule has 1 aromatic carbocycles. The Bertz CT molecular complexity index is 707. The molecule has 2 rings (SSSR count). The Morgan fingerprint density at radius 2 is 1.90 bits per heavy atom. The van der Waals surface area contributed by atoms with Crippen molar-refractivity contribution >= 4 is 17.2 Å². The summed E-state index contributed by atoms with van der Waals surface area (Å²) >= 11 is 6.01. The summed E-state index contributed by atoms with van der Waals surface area (Å²) in [6.07, 6.45) is -3.19. The summed E-state index contributed by atoms with van der Waals surface area (Å²) in [4.78, 5) is 3.96. The second kappa shape index (κ2) is 5.48. The van der Waals surface area contributed by atoms with Gasteiger partial charge in [-0.1, -0.05) is 18.2 Å². The van der Waals surface area contributed by atoms with E-state index < -0.39 is 17.6 Å². The lowest BCUT2D eigenvalue weighted by atomic mass is 10.0. The first-order chi connectivity index (χ1) is 9.70. The average molecular weight is 316 g/mol. The molecule has 2 aromatic rings. The maximum absolute atomic E-state index is 13.8. The van der Waals surface area contributed by atoms with E-state index in [1.165, 1.54) is 12.3 Å². The molecule has 21 heavy (non-hydrogen) atoms. The number of pyridine rings is 1. The highest BCUT2D eigenvalue weighted by Gasteiger charge is 2.31. The lowest BCUT2D eigenvalue weighted by Crippen LogP contribution is -2.05. The van der Waals surface area contributed by atoms with Crippen LogP contribution in [0.3, 0.4) is 0 Å². The first kappa shape index (κ1) is 15.5. The molecule has 1 nitrogen and oxygen atoms in total. The van der Waals surface area contributed by atoms with Crippen LogP contribution in [0.15, 0.2) is 37.0 Å². The number of benzene rings is 1. The van der Waals surface area contributed by atoms with Crippen LogP contribution in [0.25, 0.3) is 16.8 Å². The van der Waals surface area contributed by atoms with Gasteiger partial charge in [0.2, 0.25) is 0 Å². The summed E-state index contributed by atoms with van der Waals surface area (Å²) in [5.41, 5.74) is 0.0609. The maximum Gasteiger partial charge on any atom is 0.416 e. The second-order valence-corrected chi connectivity index (χ2v) is 4.93. The van der Waals surface area contributed by atoms with Gasteiger partial charge in [-0.05, 0) is 36.8 Å². The Hall–Kier alpha value is -1.88. The highest BCUT2D eigenvalue weighted by atomic mass is 35.5. The van der Waals surface area contributed by atoms with E-state index >= 15 is 0 Å². The first-order valence-corrected chi connectivity index (χ1v) is 6.26. The minimum Gasteiger partial charge on any atom is -0.255 e. The lowest BCUT2D eigenvalue weighted by Gasteiger charge is -2.11. The Morgan fingerprint density at radius 3 is 2.43 bits per heavy atom. The van der Waals surface area contributed by atoms with Gasteiger partial charge in [0.05, 0.1) is 16.3 Å². The molecule has 0 unspecified atom stereocenters. The van der Waals surface area contributed by atoms with Gasteiger partial charge >= 0.3 is 6.18 Å². The van der Waals surface area contributed by atoms with Crippen LogP contribution in [-0.4, -0.2) is 4.98 Å². The van der Waals surface area contributed by atoms with E-state index in [0.29, 0.717) is 23.3 Å². The average Bonchev–Trinajstić information content (AvgIpc) is 2.37. The number of nitrogens with zero attached hydrogens (tertiary/aromatic N) is 1. The smallest absolute Gasteiger partial charge is 0.255 e.